The van der Waals surface area contributed by atoms with Crippen molar-refractivity contribution in [2.45, 2.75) is 63.3 Å². The monoisotopic (exact) mass is 445 g/mol. The highest BCUT2D eigenvalue weighted by molar-refractivity contribution is 7.32. The molecule has 5 atom stereocenters. The molecule has 1 saturated heterocycles. The molecular formula is C16H26N4O7PSi+. The fraction of sp³-hybridized carbons (Fsp3) is 0.688. The van der Waals surface area contributed by atoms with Gasteiger partial charge in [-0.1, -0.05) is 20.8 Å². The molecule has 160 valence electrons. The van der Waals surface area contributed by atoms with Crippen LogP contribution in [-0.4, -0.2) is 62.8 Å². The van der Waals surface area contributed by atoms with Gasteiger partial charge < -0.3 is 14.3 Å². The molecule has 3 heterocycles. The fourth-order valence-electron chi connectivity index (χ4n) is 3.05. The van der Waals surface area contributed by atoms with Crippen LogP contribution in [0.1, 0.15) is 32.4 Å². The Morgan fingerprint density at radius 2 is 2.07 bits per heavy atom. The van der Waals surface area contributed by atoms with Gasteiger partial charge in [0.2, 0.25) is 0 Å². The number of aliphatic hydroxyl groups excluding tert-OH is 1. The zero-order chi connectivity index (χ0) is 21.6. The molecule has 0 radical (unpaired) electrons. The van der Waals surface area contributed by atoms with E-state index in [4.69, 9.17) is 13.7 Å². The van der Waals surface area contributed by atoms with E-state index in [1.165, 1.54) is 12.5 Å². The Morgan fingerprint density at radius 3 is 2.66 bits per heavy atom. The van der Waals surface area contributed by atoms with E-state index in [9.17, 15) is 19.4 Å². The normalized spacial score (nSPS) is 26.2. The molecule has 0 spiro atoms. The van der Waals surface area contributed by atoms with E-state index in [1.807, 2.05) is 13.1 Å². The molecule has 1 fully saturated rings. The van der Waals surface area contributed by atoms with Crippen LogP contribution in [0.2, 0.25) is 18.1 Å². The summed E-state index contributed by atoms with van der Waals surface area (Å²) in [6.45, 7) is 9.82. The molecule has 13 heteroatoms. The minimum Gasteiger partial charge on any atom is -0.408 e. The van der Waals surface area contributed by atoms with Gasteiger partial charge in [0.15, 0.2) is 20.1 Å². The van der Waals surface area contributed by atoms with Gasteiger partial charge in [-0.2, -0.15) is 9.61 Å². The summed E-state index contributed by atoms with van der Waals surface area (Å²) < 4.78 is 30.2. The van der Waals surface area contributed by atoms with E-state index in [1.54, 1.807) is 0 Å². The molecule has 0 amide bonds. The summed E-state index contributed by atoms with van der Waals surface area (Å²) in [6.07, 6.45) is -0.771. The van der Waals surface area contributed by atoms with Gasteiger partial charge in [-0.3, -0.25) is 4.98 Å². The van der Waals surface area contributed by atoms with Gasteiger partial charge in [0.05, 0.1) is 19.1 Å². The second kappa shape index (κ2) is 7.95. The summed E-state index contributed by atoms with van der Waals surface area (Å²) in [4.78, 5) is 27.9. The van der Waals surface area contributed by atoms with E-state index in [2.05, 4.69) is 35.8 Å². The molecule has 11 nitrogen and oxygen atoms in total. The molecule has 2 aromatic rings. The van der Waals surface area contributed by atoms with Crippen molar-refractivity contribution in [1.82, 2.24) is 19.6 Å². The topological polar surface area (TPSA) is 148 Å². The number of nitrogens with zero attached hydrogens (tertiary/aromatic N) is 3. The standard InChI is InChI=1S/C16H25N4O7PSi/c1-16(2,3)29(4,5)27-13-11(25-10(7-21)12(13)26-28(23)24)9-6-19-20-14(9)17-8-18-15(20)22/h6,8,10-13,21H,7H2,1-5H3,(H-,17,18,19,22,23,24)/p+1/t10-,11+,12-,13+/m1/s1. The Bertz CT molecular complexity index is 957. The lowest BCUT2D eigenvalue weighted by Gasteiger charge is -2.39. The molecule has 2 aromatic heterocycles. The lowest BCUT2D eigenvalue weighted by Crippen LogP contribution is -2.48. The summed E-state index contributed by atoms with van der Waals surface area (Å²) in [6, 6.07) is 0. The number of ether oxygens (including phenoxy) is 1. The smallest absolute Gasteiger partial charge is 0.408 e. The van der Waals surface area contributed by atoms with Crippen molar-refractivity contribution in [3.05, 3.63) is 28.6 Å². The van der Waals surface area contributed by atoms with Crippen LogP contribution in [0.3, 0.4) is 0 Å². The molecule has 0 aromatic carbocycles. The number of hydrogen-bond donors (Lipinski definition) is 3. The Labute approximate surface area is 169 Å². The number of aromatic nitrogens is 4. The highest BCUT2D eigenvalue weighted by Gasteiger charge is 2.54. The Morgan fingerprint density at radius 1 is 1.38 bits per heavy atom. The molecule has 29 heavy (non-hydrogen) atoms. The number of aromatic amines is 1. The number of nitrogens with one attached hydrogen (secondary N) is 1. The average molecular weight is 445 g/mol. The molecule has 1 unspecified atom stereocenters. The molecule has 0 bridgehead atoms. The van der Waals surface area contributed by atoms with Crippen LogP contribution in [0.4, 0.5) is 0 Å². The molecular weight excluding hydrogens is 419 g/mol. The predicted octanol–water partition coefficient (Wildman–Crippen LogP) is 1.28. The van der Waals surface area contributed by atoms with Crippen LogP contribution < -0.4 is 5.69 Å². The molecule has 3 N–H and O–H groups in total. The number of H-pyrrole nitrogens is 1. The number of rotatable bonds is 6. The van der Waals surface area contributed by atoms with Gasteiger partial charge in [-0.15, -0.1) is 9.42 Å². The fourth-order valence-corrected chi connectivity index (χ4v) is 4.80. The van der Waals surface area contributed by atoms with Crippen LogP contribution in [0, 0.1) is 0 Å². The lowest BCUT2D eigenvalue weighted by atomic mass is 10.0. The summed E-state index contributed by atoms with van der Waals surface area (Å²) in [5, 5.41) is 13.7. The van der Waals surface area contributed by atoms with Gasteiger partial charge in [0, 0.05) is 10.1 Å². The highest BCUT2D eigenvalue weighted by atomic mass is 31.1. The molecule has 1 aliphatic rings. The molecule has 1 aliphatic heterocycles. The van der Waals surface area contributed by atoms with Crippen molar-refractivity contribution in [3.8, 4) is 0 Å². The van der Waals surface area contributed by atoms with Crippen molar-refractivity contribution in [2.24, 2.45) is 0 Å². The van der Waals surface area contributed by atoms with E-state index >= 15 is 0 Å². The van der Waals surface area contributed by atoms with Gasteiger partial charge in [0.1, 0.15) is 18.3 Å². The van der Waals surface area contributed by atoms with Gasteiger partial charge in [-0.05, 0) is 18.1 Å². The second-order valence-corrected chi connectivity index (χ2v) is 13.9. The zero-order valence-corrected chi connectivity index (χ0v) is 18.8. The maximum absolute atomic E-state index is 12.0. The van der Waals surface area contributed by atoms with Gasteiger partial charge in [-0.25, -0.2) is 9.78 Å². The first kappa shape index (κ1) is 22.2. The van der Waals surface area contributed by atoms with E-state index < -0.39 is 53.3 Å². The summed E-state index contributed by atoms with van der Waals surface area (Å²) in [5.41, 5.74) is 0.275. The molecule has 0 aliphatic carbocycles. The van der Waals surface area contributed by atoms with Crippen LogP contribution in [0.15, 0.2) is 17.3 Å². The van der Waals surface area contributed by atoms with Crippen molar-refractivity contribution in [1.29, 1.82) is 0 Å². The zero-order valence-electron chi connectivity index (χ0n) is 16.9. The van der Waals surface area contributed by atoms with E-state index in [0.29, 0.717) is 5.56 Å². The first-order valence-electron chi connectivity index (χ1n) is 9.14. The first-order chi connectivity index (χ1) is 13.5. The maximum atomic E-state index is 12.0. The number of hydrogen-bond acceptors (Lipinski definition) is 8. The Kier molecular flexibility index (Phi) is 6.07. The lowest BCUT2D eigenvalue weighted by molar-refractivity contribution is -0.0181. The van der Waals surface area contributed by atoms with Crippen LogP contribution in [0.5, 0.6) is 0 Å². The summed E-state index contributed by atoms with van der Waals surface area (Å²) >= 11 is 0. The van der Waals surface area contributed by atoms with Crippen LogP contribution >= 0.6 is 8.25 Å². The third-order valence-corrected chi connectivity index (χ3v) is 10.5. The first-order valence-corrected chi connectivity index (χ1v) is 13.2. The average Bonchev–Trinajstić information content (AvgIpc) is 3.16. The summed E-state index contributed by atoms with van der Waals surface area (Å²) in [5.74, 6) is 0. The highest BCUT2D eigenvalue weighted by Crippen LogP contribution is 2.45. The largest absolute Gasteiger partial charge is 0.695 e. The third kappa shape index (κ3) is 4.19. The number of aliphatic hydroxyl groups is 1. The maximum Gasteiger partial charge on any atom is 0.695 e. The van der Waals surface area contributed by atoms with Gasteiger partial charge in [0.25, 0.3) is 0 Å². The van der Waals surface area contributed by atoms with Crippen molar-refractivity contribution in [2.75, 3.05) is 6.61 Å². The van der Waals surface area contributed by atoms with Crippen LogP contribution in [0.25, 0.3) is 5.65 Å². The minimum absolute atomic E-state index is 0.155. The van der Waals surface area contributed by atoms with Crippen molar-refractivity contribution >= 4 is 22.2 Å². The quantitative estimate of drug-likeness (QED) is 0.441. The van der Waals surface area contributed by atoms with E-state index in [-0.39, 0.29) is 10.7 Å². The minimum atomic E-state index is -2.95. The molecule has 3 rings (SSSR count). The second-order valence-electron chi connectivity index (χ2n) is 8.47. The van der Waals surface area contributed by atoms with Crippen molar-refractivity contribution in [3.63, 3.8) is 0 Å². The Hall–Kier alpha value is -1.53. The Balaban J connectivity index is 2.08. The number of fused-ring (bicyclic) bond motifs is 1. The van der Waals surface area contributed by atoms with E-state index in [0.717, 1.165) is 4.52 Å². The third-order valence-electron chi connectivity index (χ3n) is 5.58. The van der Waals surface area contributed by atoms with Gasteiger partial charge >= 0.3 is 13.9 Å². The van der Waals surface area contributed by atoms with Crippen molar-refractivity contribution < 1.29 is 28.3 Å². The molecule has 0 saturated carbocycles. The predicted molar refractivity (Wildman–Crippen MR) is 105 cm³/mol. The SMILES string of the molecule is CC(C)(C)[Si](C)(C)O[C@@H]1[C@H](O[P+](=O)O)[C@@H](CO)O[C@H]1c1cnn2c(=O)[nH]cnc12. The summed E-state index contributed by atoms with van der Waals surface area (Å²) in [7, 11) is -5.32. The van der Waals surface area contributed by atoms with Crippen LogP contribution in [-0.2, 0) is 18.3 Å².